The molecule has 11 rings (SSSR count). The Balaban J connectivity index is 0.936. The molecule has 0 amide bonds. The SMILES string of the molecule is c1ccc(-c2cc(-c3ccccc3)cc(-c3cccc(-c4cccc(-c5ccc(-c6nc(-c7cccc(-c8ccccc8)c7)c7sc8ccccc8c7n6)cc5)c4)c3)c2)cc1. The second kappa shape index (κ2) is 15.8. The van der Waals surface area contributed by atoms with Crippen LogP contribution in [0.3, 0.4) is 0 Å². The zero-order valence-corrected chi connectivity index (χ0v) is 34.1. The number of benzene rings is 9. The second-order valence-electron chi connectivity index (χ2n) is 15.4. The number of thiophene rings is 1. The summed E-state index contributed by atoms with van der Waals surface area (Å²) >= 11 is 1.76. The lowest BCUT2D eigenvalue weighted by molar-refractivity contribution is 1.24. The molecule has 0 aliphatic rings. The Morgan fingerprint density at radius 1 is 0.262 bits per heavy atom. The van der Waals surface area contributed by atoms with Crippen LogP contribution in [0.2, 0.25) is 0 Å². The van der Waals surface area contributed by atoms with Gasteiger partial charge in [0.25, 0.3) is 0 Å². The molecule has 0 aliphatic heterocycles. The van der Waals surface area contributed by atoms with Gasteiger partial charge < -0.3 is 0 Å². The molecule has 0 radical (unpaired) electrons. The summed E-state index contributed by atoms with van der Waals surface area (Å²) in [6.07, 6.45) is 0. The van der Waals surface area contributed by atoms with E-state index in [1.165, 1.54) is 60.3 Å². The average Bonchev–Trinajstić information content (AvgIpc) is 3.73. The molecule has 0 fully saturated rings. The first-order chi connectivity index (χ1) is 30.2. The van der Waals surface area contributed by atoms with Crippen LogP contribution in [0, 0.1) is 0 Å². The molecule has 0 N–H and O–H groups in total. The normalized spacial score (nSPS) is 11.3. The van der Waals surface area contributed by atoms with Gasteiger partial charge in [0.1, 0.15) is 0 Å². The summed E-state index contributed by atoms with van der Waals surface area (Å²) in [6.45, 7) is 0. The summed E-state index contributed by atoms with van der Waals surface area (Å²) < 4.78 is 2.32. The van der Waals surface area contributed by atoms with Crippen LogP contribution in [-0.2, 0) is 0 Å². The highest BCUT2D eigenvalue weighted by Crippen LogP contribution is 2.41. The number of hydrogen-bond acceptors (Lipinski definition) is 3. The van der Waals surface area contributed by atoms with E-state index in [-0.39, 0.29) is 0 Å². The van der Waals surface area contributed by atoms with E-state index >= 15 is 0 Å². The number of nitrogens with zero attached hydrogens (tertiary/aromatic N) is 2. The van der Waals surface area contributed by atoms with Crippen molar-refractivity contribution < 1.29 is 0 Å². The Bertz CT molecular complexity index is 3280. The quantitative estimate of drug-likeness (QED) is 0.153. The van der Waals surface area contributed by atoms with Crippen LogP contribution in [0.25, 0.3) is 110 Å². The maximum atomic E-state index is 5.31. The van der Waals surface area contributed by atoms with Gasteiger partial charge >= 0.3 is 0 Å². The largest absolute Gasteiger partial charge is 0.226 e. The molecule has 2 aromatic heterocycles. The summed E-state index contributed by atoms with van der Waals surface area (Å²) in [5.74, 6) is 0.722. The molecule has 2 heterocycles. The Labute approximate surface area is 359 Å². The van der Waals surface area contributed by atoms with Crippen LogP contribution in [0.15, 0.2) is 231 Å². The Hall–Kier alpha value is -7.72. The fourth-order valence-electron chi connectivity index (χ4n) is 8.35. The monoisotopic (exact) mass is 794 g/mol. The fourth-order valence-corrected chi connectivity index (χ4v) is 9.50. The molecule has 61 heavy (non-hydrogen) atoms. The van der Waals surface area contributed by atoms with Gasteiger partial charge in [-0.2, -0.15) is 0 Å². The van der Waals surface area contributed by atoms with E-state index in [0.29, 0.717) is 0 Å². The van der Waals surface area contributed by atoms with Crippen molar-refractivity contribution in [2.75, 3.05) is 0 Å². The minimum absolute atomic E-state index is 0.722. The third kappa shape index (κ3) is 7.22. The molecule has 2 nitrogen and oxygen atoms in total. The minimum Gasteiger partial charge on any atom is -0.226 e. The smallest absolute Gasteiger partial charge is 0.160 e. The van der Waals surface area contributed by atoms with E-state index in [0.717, 1.165) is 49.4 Å². The molecule has 0 saturated carbocycles. The van der Waals surface area contributed by atoms with E-state index in [2.05, 4.69) is 231 Å². The van der Waals surface area contributed by atoms with Gasteiger partial charge in [0.2, 0.25) is 0 Å². The predicted molar refractivity (Wildman–Crippen MR) is 258 cm³/mol. The number of hydrogen-bond donors (Lipinski definition) is 0. The number of rotatable bonds is 8. The van der Waals surface area contributed by atoms with Crippen molar-refractivity contribution in [1.29, 1.82) is 0 Å². The number of fused-ring (bicyclic) bond motifs is 3. The summed E-state index contributed by atoms with van der Waals surface area (Å²) in [6, 6.07) is 82.5. The van der Waals surface area contributed by atoms with Crippen molar-refractivity contribution in [2.24, 2.45) is 0 Å². The van der Waals surface area contributed by atoms with Gasteiger partial charge in [-0.15, -0.1) is 11.3 Å². The molecular weight excluding hydrogens is 757 g/mol. The van der Waals surface area contributed by atoms with Crippen molar-refractivity contribution >= 4 is 31.6 Å². The van der Waals surface area contributed by atoms with Crippen LogP contribution in [0.5, 0.6) is 0 Å². The molecule has 0 atom stereocenters. The van der Waals surface area contributed by atoms with Gasteiger partial charge in [-0.25, -0.2) is 9.97 Å². The maximum absolute atomic E-state index is 5.31. The maximum Gasteiger partial charge on any atom is 0.160 e. The molecule has 3 heteroatoms. The lowest BCUT2D eigenvalue weighted by Gasteiger charge is -2.13. The highest BCUT2D eigenvalue weighted by atomic mass is 32.1. The van der Waals surface area contributed by atoms with Gasteiger partial charge in [-0.1, -0.05) is 188 Å². The van der Waals surface area contributed by atoms with Crippen LogP contribution in [0.4, 0.5) is 0 Å². The third-order valence-corrected chi connectivity index (χ3v) is 12.6. The van der Waals surface area contributed by atoms with Gasteiger partial charge in [-0.3, -0.25) is 0 Å². The molecule has 0 spiro atoms. The Kier molecular flexibility index (Phi) is 9.42. The van der Waals surface area contributed by atoms with Crippen molar-refractivity contribution in [2.45, 2.75) is 0 Å². The van der Waals surface area contributed by atoms with E-state index in [1.807, 2.05) is 0 Å². The van der Waals surface area contributed by atoms with E-state index < -0.39 is 0 Å². The topological polar surface area (TPSA) is 25.8 Å². The molecule has 11 aromatic rings. The molecule has 0 aliphatic carbocycles. The van der Waals surface area contributed by atoms with Crippen LogP contribution < -0.4 is 0 Å². The van der Waals surface area contributed by atoms with E-state index in [9.17, 15) is 0 Å². The van der Waals surface area contributed by atoms with Gasteiger partial charge in [0.15, 0.2) is 5.82 Å². The highest BCUT2D eigenvalue weighted by molar-refractivity contribution is 7.26. The lowest BCUT2D eigenvalue weighted by atomic mass is 9.92. The third-order valence-electron chi connectivity index (χ3n) is 11.5. The predicted octanol–water partition coefficient (Wildman–Crippen LogP) is 16.2. The van der Waals surface area contributed by atoms with Gasteiger partial charge in [0, 0.05) is 21.2 Å². The first-order valence-electron chi connectivity index (χ1n) is 20.6. The molecule has 0 unspecified atom stereocenters. The van der Waals surface area contributed by atoms with Gasteiger partial charge in [-0.05, 0) is 109 Å². The first-order valence-corrected chi connectivity index (χ1v) is 21.4. The summed E-state index contributed by atoms with van der Waals surface area (Å²) in [5.41, 5.74) is 18.2. The zero-order valence-electron chi connectivity index (χ0n) is 33.2. The second-order valence-corrected chi connectivity index (χ2v) is 16.4. The van der Waals surface area contributed by atoms with Crippen LogP contribution in [-0.4, -0.2) is 9.97 Å². The van der Waals surface area contributed by atoms with E-state index in [1.54, 1.807) is 11.3 Å². The van der Waals surface area contributed by atoms with Crippen molar-refractivity contribution in [3.8, 4) is 89.4 Å². The van der Waals surface area contributed by atoms with Crippen molar-refractivity contribution in [1.82, 2.24) is 9.97 Å². The standard InChI is InChI=1S/C58H38N2S/c1-4-15-39(16-5-1)45-22-14-26-49(35-45)55-57-56(53-27-10-11-28-54(53)61-57)60-58(59-55)43-31-29-42(30-32-43)44-21-12-23-46(33-44)47-24-13-25-48(34-47)52-37-50(40-17-6-2-7-18-40)36-51(38-52)41-19-8-3-9-20-41/h1-38H. The molecule has 0 bridgehead atoms. The Morgan fingerprint density at radius 3 is 1.18 bits per heavy atom. The lowest BCUT2D eigenvalue weighted by Crippen LogP contribution is -1.94. The van der Waals surface area contributed by atoms with Gasteiger partial charge in [0.05, 0.1) is 15.9 Å². The molecular formula is C58H38N2S. The van der Waals surface area contributed by atoms with Crippen molar-refractivity contribution in [3.05, 3.63) is 231 Å². The molecule has 9 aromatic carbocycles. The summed E-state index contributed by atoms with van der Waals surface area (Å²) in [4.78, 5) is 10.5. The summed E-state index contributed by atoms with van der Waals surface area (Å²) in [5, 5.41) is 1.16. The zero-order chi connectivity index (χ0) is 40.5. The first kappa shape index (κ1) is 36.4. The molecule has 0 saturated heterocycles. The average molecular weight is 795 g/mol. The fraction of sp³-hybridized carbons (Fsp3) is 0. The highest BCUT2D eigenvalue weighted by Gasteiger charge is 2.17. The van der Waals surface area contributed by atoms with Crippen LogP contribution in [0.1, 0.15) is 0 Å². The Morgan fingerprint density at radius 2 is 0.623 bits per heavy atom. The van der Waals surface area contributed by atoms with Crippen molar-refractivity contribution in [3.63, 3.8) is 0 Å². The number of aromatic nitrogens is 2. The summed E-state index contributed by atoms with van der Waals surface area (Å²) in [7, 11) is 0. The van der Waals surface area contributed by atoms with Crippen LogP contribution >= 0.6 is 11.3 Å². The molecule has 286 valence electrons. The van der Waals surface area contributed by atoms with E-state index in [4.69, 9.17) is 9.97 Å². The minimum atomic E-state index is 0.722.